The highest BCUT2D eigenvalue weighted by Crippen LogP contribution is 2.57. The van der Waals surface area contributed by atoms with Crippen LogP contribution in [0.15, 0.2) is 24.3 Å². The number of fused-ring (bicyclic) bond motifs is 2. The molecule has 4 bridgehead atoms. The summed E-state index contributed by atoms with van der Waals surface area (Å²) in [6, 6.07) is 0. The minimum atomic E-state index is -2.51. The van der Waals surface area contributed by atoms with Gasteiger partial charge in [-0.05, 0) is 160 Å². The minimum Gasteiger partial charge on any atom is -0.294 e. The van der Waals surface area contributed by atoms with Crippen molar-refractivity contribution in [3.05, 3.63) is 91.1 Å². The zero-order valence-electron chi connectivity index (χ0n) is 53.5. The fraction of sp³-hybridized carbons (Fsp3) is 0.556. The lowest BCUT2D eigenvalue weighted by atomic mass is 9.59. The van der Waals surface area contributed by atoms with Gasteiger partial charge >= 0.3 is 0 Å². The smallest absolute Gasteiger partial charge is 0.164 e. The number of hydrogen-bond donors (Lipinski definition) is 0. The summed E-state index contributed by atoms with van der Waals surface area (Å²) < 4.78 is 0. The number of carbonyl (C=O) groups is 4. The second-order valence-corrected chi connectivity index (χ2v) is 50.6. The van der Waals surface area contributed by atoms with Crippen molar-refractivity contribution in [2.45, 2.75) is 256 Å². The van der Waals surface area contributed by atoms with Crippen LogP contribution in [-0.4, -0.2) is 55.4 Å². The van der Waals surface area contributed by atoms with E-state index in [0.717, 1.165) is 33.4 Å². The largest absolute Gasteiger partial charge is 0.294 e. The van der Waals surface area contributed by atoms with Crippen LogP contribution in [0, 0.1) is 45.9 Å². The van der Waals surface area contributed by atoms with Gasteiger partial charge in [0.15, 0.2) is 23.1 Å². The molecule has 424 valence electrons. The number of hydrogen-bond acceptors (Lipinski definition) is 4. The van der Waals surface area contributed by atoms with Crippen LogP contribution in [0.4, 0.5) is 0 Å². The van der Waals surface area contributed by atoms with Gasteiger partial charge in [0, 0.05) is 22.3 Å². The number of allylic oxidation sites excluding steroid dienone is 4. The SMILES string of the molecule is CC(C)[Si](C#Cc1c2c3c(C#C[Si](C(C)C)(C(C)C)C(C)C)c4c1C=CC(=O)C4C1C(=O)C=Cc4c(C#C[Si](C(C)C)(C(C)C)C(C)C)c5c(c(C#C[Si](C(C)C)(C(C)C)C(C)C)c41)C(C(=O)C=C5)C3C(=O)C=C2)(C(C)C)C(C)C. The summed E-state index contributed by atoms with van der Waals surface area (Å²) in [6.07, 6.45) is 14.5. The zero-order chi connectivity index (χ0) is 59.8. The van der Waals surface area contributed by atoms with E-state index < -0.39 is 56.0 Å². The predicted molar refractivity (Wildman–Crippen MR) is 352 cm³/mol. The average Bonchev–Trinajstić information content (AvgIpc) is 3.40. The third kappa shape index (κ3) is 9.61. The number of benzene rings is 2. The Balaban J connectivity index is 1.86. The van der Waals surface area contributed by atoms with Gasteiger partial charge in [-0.3, -0.25) is 19.2 Å². The summed E-state index contributed by atoms with van der Waals surface area (Å²) in [4.78, 5) is 63.6. The van der Waals surface area contributed by atoms with Crippen LogP contribution in [0.25, 0.3) is 24.3 Å². The van der Waals surface area contributed by atoms with E-state index in [4.69, 9.17) is 0 Å². The van der Waals surface area contributed by atoms with E-state index in [1.807, 2.05) is 24.3 Å². The molecule has 8 heteroatoms. The first-order chi connectivity index (χ1) is 37.3. The quantitative estimate of drug-likeness (QED) is 0.157. The molecule has 5 aliphatic carbocycles. The molecule has 0 saturated carbocycles. The third-order valence-corrected chi connectivity index (χ3v) is 46.3. The van der Waals surface area contributed by atoms with Crippen LogP contribution in [0.1, 0.15) is 257 Å². The molecule has 2 aromatic carbocycles. The van der Waals surface area contributed by atoms with Crippen molar-refractivity contribution in [2.24, 2.45) is 0 Å². The molecular formula is C72H96O4Si4. The van der Waals surface area contributed by atoms with E-state index in [1.54, 1.807) is 24.3 Å². The maximum absolute atomic E-state index is 15.9. The van der Waals surface area contributed by atoms with Crippen molar-refractivity contribution >= 4 is 79.7 Å². The molecule has 0 amide bonds. The highest BCUT2D eigenvalue weighted by Gasteiger charge is 2.52. The molecular weight excluding hydrogens is 1040 g/mol. The topological polar surface area (TPSA) is 68.3 Å². The van der Waals surface area contributed by atoms with Crippen molar-refractivity contribution in [1.82, 2.24) is 0 Å². The van der Waals surface area contributed by atoms with Crippen molar-refractivity contribution < 1.29 is 19.2 Å². The fourth-order valence-electron chi connectivity index (χ4n) is 17.6. The standard InChI is InChI=1S/C72H96O4Si4/c1-41(2)77(42(3)4,43(5)6)37-33-53-55-25-29-61(73)69-65(55)59(35-39-79(47(13)14,48(15)16)49(17)18)66-56(53)26-30-62(74)70(66)72-64(76)32-28-58-54(34-38-78(44(7)8,45(9)10)46(11)12)57-27-31-63(75)71(69)67(57)60(68(58)72)36-40-80(50(19)20,51(21)22)52(23)24/h25-32,41-52,69-72H,1-24H3. The van der Waals surface area contributed by atoms with E-state index in [0.29, 0.717) is 66.6 Å². The lowest BCUT2D eigenvalue weighted by Crippen LogP contribution is -2.43. The summed E-state index contributed by atoms with van der Waals surface area (Å²) in [5, 5.41) is 0. The van der Waals surface area contributed by atoms with Gasteiger partial charge in [0.25, 0.3) is 0 Å². The molecule has 0 spiro atoms. The lowest BCUT2D eigenvalue weighted by Gasteiger charge is -2.41. The Morgan fingerprint density at radius 2 is 0.400 bits per heavy atom. The highest BCUT2D eigenvalue weighted by atomic mass is 28.3. The van der Waals surface area contributed by atoms with Crippen LogP contribution in [-0.2, 0) is 19.2 Å². The van der Waals surface area contributed by atoms with Gasteiger partial charge in [0.2, 0.25) is 0 Å². The van der Waals surface area contributed by atoms with Crippen LogP contribution in [0.2, 0.25) is 66.5 Å². The molecule has 5 aliphatic rings. The first-order valence-electron chi connectivity index (χ1n) is 30.8. The van der Waals surface area contributed by atoms with Crippen LogP contribution >= 0.6 is 0 Å². The Morgan fingerprint density at radius 1 is 0.250 bits per heavy atom. The second-order valence-electron chi connectivity index (χ2n) is 28.3. The van der Waals surface area contributed by atoms with E-state index in [2.05, 4.69) is 212 Å². The van der Waals surface area contributed by atoms with E-state index >= 15 is 19.2 Å². The number of carbonyl (C=O) groups excluding carboxylic acids is 4. The van der Waals surface area contributed by atoms with E-state index in [1.165, 1.54) is 0 Å². The molecule has 0 radical (unpaired) electrons. The van der Waals surface area contributed by atoms with Crippen molar-refractivity contribution in [1.29, 1.82) is 0 Å². The normalized spacial score (nSPS) is 19.4. The Kier molecular flexibility index (Phi) is 18.1. The summed E-state index contributed by atoms with van der Waals surface area (Å²) >= 11 is 0. The first kappa shape index (κ1) is 62.8. The van der Waals surface area contributed by atoms with Crippen molar-refractivity contribution in [3.63, 3.8) is 0 Å². The zero-order valence-corrected chi connectivity index (χ0v) is 57.5. The molecule has 0 fully saturated rings. The molecule has 0 aromatic heterocycles. The molecule has 0 aliphatic heterocycles. The van der Waals surface area contributed by atoms with Gasteiger partial charge in [0.05, 0.1) is 23.7 Å². The molecule has 2 aromatic rings. The van der Waals surface area contributed by atoms with Gasteiger partial charge in [-0.15, -0.1) is 22.2 Å². The molecule has 7 rings (SSSR count). The van der Waals surface area contributed by atoms with Gasteiger partial charge in [-0.25, -0.2) is 0 Å². The molecule has 4 nitrogen and oxygen atoms in total. The lowest BCUT2D eigenvalue weighted by molar-refractivity contribution is -0.122. The van der Waals surface area contributed by atoms with Crippen LogP contribution < -0.4 is 0 Å². The molecule has 0 N–H and O–H groups in total. The fourth-order valence-corrected chi connectivity index (χ4v) is 38.4. The Labute approximate surface area is 489 Å². The monoisotopic (exact) mass is 1140 g/mol. The van der Waals surface area contributed by atoms with Crippen LogP contribution in [0.5, 0.6) is 0 Å². The summed E-state index contributed by atoms with van der Waals surface area (Å²) in [5.41, 5.74) is 28.5. The predicted octanol–water partition coefficient (Wildman–Crippen LogP) is 18.4. The molecule has 0 heterocycles. The number of rotatable bonds is 12. The van der Waals surface area contributed by atoms with Crippen LogP contribution in [0.3, 0.4) is 0 Å². The maximum Gasteiger partial charge on any atom is 0.164 e. The summed E-state index contributed by atoms with van der Waals surface area (Å²) in [5.74, 6) is 10.7. The van der Waals surface area contributed by atoms with Gasteiger partial charge in [0.1, 0.15) is 32.3 Å². The second kappa shape index (κ2) is 23.1. The number of ketones is 4. The van der Waals surface area contributed by atoms with Crippen molar-refractivity contribution in [2.75, 3.05) is 0 Å². The molecule has 4 unspecified atom stereocenters. The Bertz CT molecular complexity index is 2870. The third-order valence-electron chi connectivity index (χ3n) is 21.2. The average molecular weight is 1140 g/mol. The molecule has 80 heavy (non-hydrogen) atoms. The summed E-state index contributed by atoms with van der Waals surface area (Å²) in [7, 11) is -9.80. The molecule has 0 saturated heterocycles. The van der Waals surface area contributed by atoms with Gasteiger partial charge < -0.3 is 0 Å². The van der Waals surface area contributed by atoms with E-state index in [-0.39, 0.29) is 56.4 Å². The summed E-state index contributed by atoms with van der Waals surface area (Å²) in [6.45, 7) is 55.3. The first-order valence-corrected chi connectivity index (χ1v) is 39.7. The van der Waals surface area contributed by atoms with Gasteiger partial charge in [-0.1, -0.05) is 190 Å². The van der Waals surface area contributed by atoms with Gasteiger partial charge in [-0.2, -0.15) is 0 Å². The van der Waals surface area contributed by atoms with E-state index in [9.17, 15) is 0 Å². The highest BCUT2D eigenvalue weighted by molar-refractivity contribution is 6.92. The minimum absolute atomic E-state index is 0.193. The maximum atomic E-state index is 15.9. The Morgan fingerprint density at radius 3 is 0.550 bits per heavy atom. The Hall–Kier alpha value is -4.81. The van der Waals surface area contributed by atoms with Crippen molar-refractivity contribution in [3.8, 4) is 45.9 Å². The molecule has 4 atom stereocenters.